The topological polar surface area (TPSA) is 145 Å². The lowest BCUT2D eigenvalue weighted by Gasteiger charge is -2.11. The summed E-state index contributed by atoms with van der Waals surface area (Å²) in [7, 11) is 1.46. The largest absolute Gasteiger partial charge is 0.493 e. The molecule has 12 heteroatoms. The van der Waals surface area contributed by atoms with Gasteiger partial charge in [0.25, 0.3) is 0 Å². The second-order valence-electron chi connectivity index (χ2n) is 9.93. The van der Waals surface area contributed by atoms with Crippen LogP contribution in [0, 0.1) is 0 Å². The number of rotatable bonds is 17. The van der Waals surface area contributed by atoms with Crippen molar-refractivity contribution in [3.05, 3.63) is 133 Å². The quantitative estimate of drug-likeness (QED) is 0.0420. The molecule has 50 heavy (non-hydrogen) atoms. The summed E-state index contributed by atoms with van der Waals surface area (Å²) in [6.07, 6.45) is 3.75. The van der Waals surface area contributed by atoms with E-state index in [0.717, 1.165) is 12.2 Å². The second-order valence-corrected chi connectivity index (χ2v) is 9.93. The van der Waals surface area contributed by atoms with E-state index in [4.69, 9.17) is 33.2 Å². The molecule has 0 bridgehead atoms. The fraction of sp³-hybridized carbons (Fsp3) is 0.132. The summed E-state index contributed by atoms with van der Waals surface area (Å²) in [6, 6.07) is 24.3. The lowest BCUT2D eigenvalue weighted by atomic mass is 10.2. The third-order valence-corrected chi connectivity index (χ3v) is 6.51. The Balaban J connectivity index is 1.26. The van der Waals surface area contributed by atoms with Crippen molar-refractivity contribution in [3.8, 4) is 28.7 Å². The number of hydrogen-bond donors (Lipinski definition) is 0. The zero-order valence-corrected chi connectivity index (χ0v) is 27.1. The molecule has 4 aromatic carbocycles. The molecule has 0 saturated heterocycles. The zero-order chi connectivity index (χ0) is 35.7. The average molecular weight is 680 g/mol. The van der Waals surface area contributed by atoms with E-state index in [0.29, 0.717) is 45.4 Å². The van der Waals surface area contributed by atoms with Gasteiger partial charge in [-0.2, -0.15) is 0 Å². The number of ether oxygens (including phenoxy) is 7. The number of esters is 4. The van der Waals surface area contributed by atoms with Crippen LogP contribution in [0.1, 0.15) is 26.3 Å². The number of hydrogen-bond acceptors (Lipinski definition) is 12. The van der Waals surface area contributed by atoms with Crippen LogP contribution in [0.25, 0.3) is 0 Å². The van der Waals surface area contributed by atoms with Crippen molar-refractivity contribution >= 4 is 35.8 Å². The zero-order valence-electron chi connectivity index (χ0n) is 27.1. The van der Waals surface area contributed by atoms with Gasteiger partial charge in [0.15, 0.2) is 11.5 Å². The van der Waals surface area contributed by atoms with E-state index in [1.54, 1.807) is 97.2 Å². The van der Waals surface area contributed by atoms with Gasteiger partial charge < -0.3 is 33.2 Å². The van der Waals surface area contributed by atoms with Gasteiger partial charge in [-0.1, -0.05) is 13.2 Å². The Labute approximate surface area is 288 Å². The fourth-order valence-corrected chi connectivity index (χ4v) is 4.02. The van der Waals surface area contributed by atoms with Crippen LogP contribution >= 0.6 is 0 Å². The van der Waals surface area contributed by atoms with Crippen LogP contribution in [0.2, 0.25) is 0 Å². The molecular formula is C38H33NO11. The predicted molar refractivity (Wildman–Crippen MR) is 183 cm³/mol. The number of nitrogens with zero attached hydrogens (tertiary/aromatic N) is 1. The first-order chi connectivity index (χ1) is 24.3. The summed E-state index contributed by atoms with van der Waals surface area (Å²) >= 11 is 0. The maximum atomic E-state index is 12.8. The lowest BCUT2D eigenvalue weighted by molar-refractivity contribution is -0.139. The molecule has 0 atom stereocenters. The van der Waals surface area contributed by atoms with Crippen molar-refractivity contribution in [2.75, 3.05) is 33.5 Å². The van der Waals surface area contributed by atoms with Crippen molar-refractivity contribution in [2.45, 2.75) is 0 Å². The molecule has 0 amide bonds. The number of aliphatic imine (C=N–C) groups is 1. The Morgan fingerprint density at radius 1 is 0.600 bits per heavy atom. The molecule has 4 rings (SSSR count). The Hall–Kier alpha value is -6.69. The normalized spacial score (nSPS) is 10.4. The molecule has 0 spiro atoms. The minimum atomic E-state index is -0.594. The maximum absolute atomic E-state index is 12.8. The molecule has 0 aliphatic rings. The molecule has 0 aliphatic carbocycles. The maximum Gasteiger partial charge on any atom is 0.343 e. The van der Waals surface area contributed by atoms with Gasteiger partial charge in [0.05, 0.1) is 23.9 Å². The summed E-state index contributed by atoms with van der Waals surface area (Å²) in [5.74, 6) is -0.333. The van der Waals surface area contributed by atoms with Crippen molar-refractivity contribution in [1.82, 2.24) is 0 Å². The SMILES string of the molecule is C=CC(=O)OCCOc1ccc(C(=O)Oc2ccc(/N=C/c3ccc(OC(=O)c4ccc(OCCOC(=O)C=C)cc4)c(OC)c3)cc2)cc1. The van der Waals surface area contributed by atoms with E-state index in [2.05, 4.69) is 18.2 Å². The molecule has 0 N–H and O–H groups in total. The standard InChI is InChI=1S/C38H33NO11/c1-4-35(40)47-22-20-45-30-13-7-27(8-14-30)37(42)49-32-17-11-29(12-18-32)39-25-26-6-19-33(34(24-26)44-3)50-38(43)28-9-15-31(16-10-28)46-21-23-48-36(41)5-2/h4-19,24-25H,1-2,20-23H2,3H3/b39-25+. The van der Waals surface area contributed by atoms with Crippen LogP contribution in [0.4, 0.5) is 5.69 Å². The molecule has 0 unspecified atom stereocenters. The highest BCUT2D eigenvalue weighted by atomic mass is 16.6. The van der Waals surface area contributed by atoms with Gasteiger partial charge in [0.1, 0.15) is 43.7 Å². The molecule has 0 fully saturated rings. The molecule has 256 valence electrons. The molecule has 0 heterocycles. The van der Waals surface area contributed by atoms with Crippen LogP contribution in [-0.4, -0.2) is 63.6 Å². The smallest absolute Gasteiger partial charge is 0.343 e. The number of carbonyl (C=O) groups is 4. The van der Waals surface area contributed by atoms with Gasteiger partial charge in [-0.05, 0) is 96.6 Å². The monoisotopic (exact) mass is 679 g/mol. The summed E-state index contributed by atoms with van der Waals surface area (Å²) in [5.41, 5.74) is 1.90. The molecule has 0 aromatic heterocycles. The third-order valence-electron chi connectivity index (χ3n) is 6.51. The molecule has 0 saturated carbocycles. The fourth-order valence-electron chi connectivity index (χ4n) is 4.02. The second kappa shape index (κ2) is 18.6. The van der Waals surface area contributed by atoms with Crippen molar-refractivity contribution in [1.29, 1.82) is 0 Å². The van der Waals surface area contributed by atoms with E-state index in [1.807, 2.05) is 0 Å². The lowest BCUT2D eigenvalue weighted by Crippen LogP contribution is -2.11. The molecule has 0 radical (unpaired) electrons. The highest BCUT2D eigenvalue weighted by Crippen LogP contribution is 2.29. The predicted octanol–water partition coefficient (Wildman–Crippen LogP) is 6.10. The Morgan fingerprint density at radius 3 is 1.60 bits per heavy atom. The average Bonchev–Trinajstić information content (AvgIpc) is 3.15. The first-order valence-electron chi connectivity index (χ1n) is 15.1. The van der Waals surface area contributed by atoms with E-state index >= 15 is 0 Å². The summed E-state index contributed by atoms with van der Waals surface area (Å²) < 4.78 is 37.1. The number of benzene rings is 4. The Morgan fingerprint density at radius 2 is 1.10 bits per heavy atom. The van der Waals surface area contributed by atoms with Crippen LogP contribution in [0.15, 0.2) is 121 Å². The third kappa shape index (κ3) is 11.2. The van der Waals surface area contributed by atoms with E-state index in [-0.39, 0.29) is 32.2 Å². The van der Waals surface area contributed by atoms with E-state index in [9.17, 15) is 19.2 Å². The molecular weight excluding hydrogens is 646 g/mol. The van der Waals surface area contributed by atoms with Gasteiger partial charge in [0.2, 0.25) is 0 Å². The molecule has 4 aromatic rings. The highest BCUT2D eigenvalue weighted by molar-refractivity contribution is 5.92. The van der Waals surface area contributed by atoms with Crippen LogP contribution in [-0.2, 0) is 19.1 Å². The van der Waals surface area contributed by atoms with Crippen LogP contribution < -0.4 is 23.7 Å². The Kier molecular flexibility index (Phi) is 13.4. The van der Waals surface area contributed by atoms with Gasteiger partial charge in [-0.3, -0.25) is 4.99 Å². The molecule has 12 nitrogen and oxygen atoms in total. The minimum Gasteiger partial charge on any atom is -0.493 e. The summed E-state index contributed by atoms with van der Waals surface area (Å²) in [6.45, 7) is 7.08. The van der Waals surface area contributed by atoms with Crippen LogP contribution in [0.3, 0.4) is 0 Å². The van der Waals surface area contributed by atoms with Gasteiger partial charge >= 0.3 is 23.9 Å². The first-order valence-corrected chi connectivity index (χ1v) is 15.1. The van der Waals surface area contributed by atoms with Crippen molar-refractivity contribution in [2.24, 2.45) is 4.99 Å². The molecule has 0 aliphatic heterocycles. The summed E-state index contributed by atoms with van der Waals surface area (Å²) in [4.78, 5) is 51.9. The number of methoxy groups -OCH3 is 1. The Bertz CT molecular complexity index is 1830. The van der Waals surface area contributed by atoms with Gasteiger partial charge in [-0.25, -0.2) is 19.2 Å². The van der Waals surface area contributed by atoms with Gasteiger partial charge in [-0.15, -0.1) is 0 Å². The van der Waals surface area contributed by atoms with Crippen molar-refractivity contribution in [3.63, 3.8) is 0 Å². The van der Waals surface area contributed by atoms with Crippen molar-refractivity contribution < 1.29 is 52.3 Å². The number of carbonyl (C=O) groups excluding carboxylic acids is 4. The first kappa shape index (κ1) is 36.2. The van der Waals surface area contributed by atoms with Crippen LogP contribution in [0.5, 0.6) is 28.7 Å². The van der Waals surface area contributed by atoms with E-state index in [1.165, 1.54) is 7.11 Å². The van der Waals surface area contributed by atoms with E-state index < -0.39 is 23.9 Å². The summed E-state index contributed by atoms with van der Waals surface area (Å²) in [5, 5.41) is 0. The minimum absolute atomic E-state index is 0.0644. The highest BCUT2D eigenvalue weighted by Gasteiger charge is 2.14. The van der Waals surface area contributed by atoms with Gasteiger partial charge in [0, 0.05) is 18.4 Å².